The van der Waals surface area contributed by atoms with Crippen LogP contribution in [0.4, 0.5) is 5.13 Å². The molecular weight excluding hydrogens is 434 g/mol. The molecule has 0 bridgehead atoms. The van der Waals surface area contributed by atoms with Crippen molar-refractivity contribution in [3.8, 4) is 17.2 Å². The first-order chi connectivity index (χ1) is 15.2. The maximum absolute atomic E-state index is 13.0. The molecule has 156 valence electrons. The smallest absolute Gasteiger partial charge is 0.260 e. The van der Waals surface area contributed by atoms with Crippen LogP contribution in [0.1, 0.15) is 10.4 Å². The zero-order chi connectivity index (χ0) is 21.2. The van der Waals surface area contributed by atoms with Crippen molar-refractivity contribution in [3.05, 3.63) is 60.3 Å². The molecule has 0 atom stereocenters. The molecule has 0 unspecified atom stereocenters. The molecule has 1 N–H and O–H groups in total. The molecule has 3 heterocycles. The van der Waals surface area contributed by atoms with Crippen LogP contribution in [0.15, 0.2) is 64.6 Å². The zero-order valence-electron chi connectivity index (χ0n) is 16.5. The first-order valence-corrected chi connectivity index (χ1v) is 11.1. The standard InChI is InChI=1S/C22H17N3O4S2/c1-27-16-5-2-6-18-19(16)24-22(31-18)25-20(26)14-4-3-9-23-21(14)30-13-7-8-15-17(12-13)29-11-10-28-15/h2-9,12H,10-11H2,1H3,(H,24,25,26). The minimum Gasteiger partial charge on any atom is -0.494 e. The van der Waals surface area contributed by atoms with Crippen molar-refractivity contribution >= 4 is 44.4 Å². The molecular formula is C22H17N3O4S2. The Labute approximate surface area is 186 Å². The fraction of sp³-hybridized carbons (Fsp3) is 0.136. The molecule has 31 heavy (non-hydrogen) atoms. The summed E-state index contributed by atoms with van der Waals surface area (Å²) in [6, 6.07) is 14.9. The van der Waals surface area contributed by atoms with E-state index < -0.39 is 0 Å². The van der Waals surface area contributed by atoms with Crippen LogP contribution in [-0.4, -0.2) is 36.2 Å². The van der Waals surface area contributed by atoms with E-state index in [1.54, 1.807) is 25.4 Å². The minimum absolute atomic E-state index is 0.272. The van der Waals surface area contributed by atoms with Gasteiger partial charge >= 0.3 is 0 Å². The lowest BCUT2D eigenvalue weighted by atomic mass is 10.3. The van der Waals surface area contributed by atoms with Crippen molar-refractivity contribution in [2.75, 3.05) is 25.6 Å². The SMILES string of the molecule is COc1cccc2sc(NC(=O)c3cccnc3Sc3ccc4c(c3)OCCO4)nc12. The number of anilines is 1. The van der Waals surface area contributed by atoms with Gasteiger partial charge in [0.2, 0.25) is 0 Å². The van der Waals surface area contributed by atoms with Crippen LogP contribution in [0.5, 0.6) is 17.2 Å². The second-order valence-electron chi connectivity index (χ2n) is 6.54. The van der Waals surface area contributed by atoms with Crippen LogP contribution < -0.4 is 19.5 Å². The normalized spacial score (nSPS) is 12.5. The highest BCUT2D eigenvalue weighted by Crippen LogP contribution is 2.37. The van der Waals surface area contributed by atoms with Crippen molar-refractivity contribution in [2.45, 2.75) is 9.92 Å². The number of aromatic nitrogens is 2. The fourth-order valence-electron chi connectivity index (χ4n) is 3.15. The Kier molecular flexibility index (Phi) is 5.35. The third-order valence-corrected chi connectivity index (χ3v) is 6.51. The van der Waals surface area contributed by atoms with Crippen LogP contribution in [0, 0.1) is 0 Å². The summed E-state index contributed by atoms with van der Waals surface area (Å²) in [5.41, 5.74) is 1.19. The number of methoxy groups -OCH3 is 1. The van der Waals surface area contributed by atoms with Gasteiger partial charge in [-0.05, 0) is 42.5 Å². The Balaban J connectivity index is 1.39. The number of pyridine rings is 1. The highest BCUT2D eigenvalue weighted by Gasteiger charge is 2.18. The Morgan fingerprint density at radius 3 is 2.87 bits per heavy atom. The van der Waals surface area contributed by atoms with Crippen LogP contribution in [0.3, 0.4) is 0 Å². The average Bonchev–Trinajstić information content (AvgIpc) is 3.21. The third-order valence-electron chi connectivity index (χ3n) is 4.57. The molecule has 9 heteroatoms. The van der Waals surface area contributed by atoms with Gasteiger partial charge in [-0.2, -0.15) is 0 Å². The van der Waals surface area contributed by atoms with Gasteiger partial charge in [-0.25, -0.2) is 9.97 Å². The van der Waals surface area contributed by atoms with Crippen LogP contribution >= 0.6 is 23.1 Å². The summed E-state index contributed by atoms with van der Waals surface area (Å²) in [5.74, 6) is 1.82. The molecule has 0 radical (unpaired) electrons. The van der Waals surface area contributed by atoms with Gasteiger partial charge in [0.15, 0.2) is 16.6 Å². The average molecular weight is 452 g/mol. The van der Waals surface area contributed by atoms with E-state index in [1.165, 1.54) is 23.1 Å². The number of rotatable bonds is 5. The maximum Gasteiger partial charge on any atom is 0.260 e. The Morgan fingerprint density at radius 2 is 2.00 bits per heavy atom. The Morgan fingerprint density at radius 1 is 1.13 bits per heavy atom. The van der Waals surface area contributed by atoms with Gasteiger partial charge in [0, 0.05) is 11.1 Å². The predicted molar refractivity (Wildman–Crippen MR) is 120 cm³/mol. The predicted octanol–water partition coefficient (Wildman–Crippen LogP) is 4.87. The van der Waals surface area contributed by atoms with E-state index in [9.17, 15) is 4.79 Å². The molecule has 2 aromatic carbocycles. The summed E-state index contributed by atoms with van der Waals surface area (Å²) in [7, 11) is 1.60. The van der Waals surface area contributed by atoms with Gasteiger partial charge in [0.05, 0.1) is 17.4 Å². The Hall–Kier alpha value is -3.30. The Bertz CT molecular complexity index is 1270. The van der Waals surface area contributed by atoms with E-state index in [2.05, 4.69) is 15.3 Å². The highest BCUT2D eigenvalue weighted by molar-refractivity contribution is 7.99. The summed E-state index contributed by atoms with van der Waals surface area (Å²) < 4.78 is 17.5. The van der Waals surface area contributed by atoms with E-state index in [4.69, 9.17) is 14.2 Å². The molecule has 0 aliphatic carbocycles. The first kappa shape index (κ1) is 19.7. The number of thiazole rings is 1. The zero-order valence-corrected chi connectivity index (χ0v) is 18.1. The van der Waals surface area contributed by atoms with Gasteiger partial charge in [0.1, 0.15) is 29.5 Å². The lowest BCUT2D eigenvalue weighted by molar-refractivity contribution is 0.102. The van der Waals surface area contributed by atoms with Crippen LogP contribution in [0.2, 0.25) is 0 Å². The van der Waals surface area contributed by atoms with E-state index >= 15 is 0 Å². The number of ether oxygens (including phenoxy) is 3. The second kappa shape index (κ2) is 8.44. The number of amides is 1. The van der Waals surface area contributed by atoms with Crippen molar-refractivity contribution < 1.29 is 19.0 Å². The van der Waals surface area contributed by atoms with Gasteiger partial charge in [-0.15, -0.1) is 0 Å². The minimum atomic E-state index is -0.272. The molecule has 2 aromatic heterocycles. The molecule has 7 nitrogen and oxygen atoms in total. The molecule has 0 saturated heterocycles. The molecule has 0 fully saturated rings. The number of para-hydroxylation sites is 1. The largest absolute Gasteiger partial charge is 0.494 e. The second-order valence-corrected chi connectivity index (χ2v) is 8.64. The van der Waals surface area contributed by atoms with Crippen molar-refractivity contribution in [1.29, 1.82) is 0 Å². The molecule has 1 aliphatic heterocycles. The number of hydrogen-bond acceptors (Lipinski definition) is 8. The number of nitrogens with one attached hydrogen (secondary N) is 1. The van der Waals surface area contributed by atoms with Gasteiger partial charge in [-0.3, -0.25) is 10.1 Å². The fourth-order valence-corrected chi connectivity index (χ4v) is 4.94. The third kappa shape index (κ3) is 4.01. The summed E-state index contributed by atoms with van der Waals surface area (Å²) >= 11 is 2.79. The van der Waals surface area contributed by atoms with Gasteiger partial charge < -0.3 is 14.2 Å². The molecule has 4 aromatic rings. The topological polar surface area (TPSA) is 82.6 Å². The van der Waals surface area contributed by atoms with Gasteiger partial charge in [0.25, 0.3) is 5.91 Å². The summed E-state index contributed by atoms with van der Waals surface area (Å²) in [6.07, 6.45) is 1.67. The van der Waals surface area contributed by atoms with Gasteiger partial charge in [-0.1, -0.05) is 29.2 Å². The summed E-state index contributed by atoms with van der Waals surface area (Å²) in [4.78, 5) is 22.8. The van der Waals surface area contributed by atoms with E-state index in [-0.39, 0.29) is 5.91 Å². The molecule has 0 saturated carbocycles. The van der Waals surface area contributed by atoms with Crippen molar-refractivity contribution in [1.82, 2.24) is 9.97 Å². The molecule has 1 aliphatic rings. The number of carbonyl (C=O) groups excluding carboxylic acids is 1. The van der Waals surface area contributed by atoms with E-state index in [0.29, 0.717) is 40.4 Å². The lowest BCUT2D eigenvalue weighted by Gasteiger charge is -2.18. The number of hydrogen-bond donors (Lipinski definition) is 1. The molecule has 1 amide bonds. The quantitative estimate of drug-likeness (QED) is 0.463. The summed E-state index contributed by atoms with van der Waals surface area (Å²) in [5, 5.41) is 3.99. The van der Waals surface area contributed by atoms with Crippen molar-refractivity contribution in [2.24, 2.45) is 0 Å². The lowest BCUT2D eigenvalue weighted by Crippen LogP contribution is -2.15. The van der Waals surface area contributed by atoms with E-state index in [0.717, 1.165) is 20.9 Å². The van der Waals surface area contributed by atoms with Crippen LogP contribution in [-0.2, 0) is 0 Å². The monoisotopic (exact) mass is 451 g/mol. The number of benzene rings is 2. The first-order valence-electron chi connectivity index (χ1n) is 9.49. The summed E-state index contributed by atoms with van der Waals surface area (Å²) in [6.45, 7) is 1.06. The molecule has 5 rings (SSSR count). The highest BCUT2D eigenvalue weighted by atomic mass is 32.2. The molecule has 0 spiro atoms. The number of carbonyl (C=O) groups is 1. The van der Waals surface area contributed by atoms with Crippen LogP contribution in [0.25, 0.3) is 10.2 Å². The number of fused-ring (bicyclic) bond motifs is 2. The van der Waals surface area contributed by atoms with E-state index in [1.807, 2.05) is 36.4 Å². The maximum atomic E-state index is 13.0. The number of nitrogens with zero attached hydrogens (tertiary/aromatic N) is 2. The van der Waals surface area contributed by atoms with Crippen molar-refractivity contribution in [3.63, 3.8) is 0 Å².